The third kappa shape index (κ3) is 5.03. The molecule has 2 aromatic carbocycles. The minimum atomic E-state index is -0.139. The van der Waals surface area contributed by atoms with Gasteiger partial charge in [-0.25, -0.2) is 14.5 Å². The largest absolute Gasteiger partial charge is 0.268 e. The van der Waals surface area contributed by atoms with E-state index in [0.717, 1.165) is 41.6 Å². The highest BCUT2D eigenvalue weighted by molar-refractivity contribution is 5.70. The Balaban J connectivity index is 1.74. The molecule has 0 spiro atoms. The molecule has 0 N–H and O–H groups in total. The maximum atomic E-state index is 13.7. The fourth-order valence-corrected chi connectivity index (χ4v) is 4.14. The predicted octanol–water partition coefficient (Wildman–Crippen LogP) is 5.28. The molecule has 2 aromatic heterocycles. The highest BCUT2D eigenvalue weighted by atomic mass is 16.1. The van der Waals surface area contributed by atoms with E-state index >= 15 is 0 Å². The molecule has 172 valence electrons. The molecule has 0 bridgehead atoms. The lowest BCUT2D eigenvalue weighted by molar-refractivity contribution is 0.729. The van der Waals surface area contributed by atoms with Crippen LogP contribution in [0.25, 0.3) is 16.9 Å². The summed E-state index contributed by atoms with van der Waals surface area (Å²) in [5.41, 5.74) is 5.23. The molecule has 0 unspecified atom stereocenters. The zero-order valence-electron chi connectivity index (χ0n) is 19.8. The van der Waals surface area contributed by atoms with Gasteiger partial charge in [-0.15, -0.1) is 0 Å². The van der Waals surface area contributed by atoms with Crippen LogP contribution in [0.15, 0.2) is 71.7 Å². The number of aryl methyl sites for hydroxylation is 2. The van der Waals surface area contributed by atoms with E-state index in [4.69, 9.17) is 10.2 Å². The minimum absolute atomic E-state index is 0.139. The summed E-state index contributed by atoms with van der Waals surface area (Å²) in [6.07, 6.45) is 4.60. The first-order chi connectivity index (χ1) is 17.0. The van der Waals surface area contributed by atoms with Gasteiger partial charge in [0.1, 0.15) is 17.7 Å². The van der Waals surface area contributed by atoms with Crippen molar-refractivity contribution >= 4 is 0 Å². The Labute approximate surface area is 204 Å². The van der Waals surface area contributed by atoms with E-state index in [2.05, 4.69) is 24.0 Å². The number of hydrogen-bond acceptors (Lipinski definition) is 5. The van der Waals surface area contributed by atoms with E-state index in [0.29, 0.717) is 34.8 Å². The Morgan fingerprint density at radius 3 is 2.40 bits per heavy atom. The maximum absolute atomic E-state index is 13.7. The monoisotopic (exact) mass is 459 g/mol. The van der Waals surface area contributed by atoms with Gasteiger partial charge in [0.05, 0.1) is 22.9 Å². The zero-order chi connectivity index (χ0) is 24.8. The van der Waals surface area contributed by atoms with Crippen molar-refractivity contribution in [2.45, 2.75) is 39.5 Å². The molecule has 4 rings (SSSR count). The molecule has 0 radical (unpaired) electrons. The number of hydrogen-bond donors (Lipinski definition) is 0. The fourth-order valence-electron chi connectivity index (χ4n) is 4.14. The Bertz CT molecular complexity index is 1490. The molecule has 4 aromatic rings. The van der Waals surface area contributed by atoms with Crippen molar-refractivity contribution in [1.29, 1.82) is 10.5 Å². The van der Waals surface area contributed by atoms with Crippen LogP contribution in [0.1, 0.15) is 53.5 Å². The van der Waals surface area contributed by atoms with Gasteiger partial charge in [-0.1, -0.05) is 55.8 Å². The van der Waals surface area contributed by atoms with Crippen molar-refractivity contribution in [3.63, 3.8) is 0 Å². The Kier molecular flexibility index (Phi) is 7.14. The van der Waals surface area contributed by atoms with Gasteiger partial charge in [-0.05, 0) is 54.7 Å². The summed E-state index contributed by atoms with van der Waals surface area (Å²) in [4.78, 5) is 22.8. The SMILES string of the molecule is CCCCc1nc(C)n(-c2ccc(C#N)cn2)c(=O)c1Cc1ccc(-c2ccccc2C#N)cc1. The van der Waals surface area contributed by atoms with E-state index in [1.54, 1.807) is 18.2 Å². The van der Waals surface area contributed by atoms with E-state index in [-0.39, 0.29) is 5.56 Å². The van der Waals surface area contributed by atoms with E-state index in [9.17, 15) is 10.1 Å². The van der Waals surface area contributed by atoms with Crippen LogP contribution < -0.4 is 5.56 Å². The number of aromatic nitrogens is 3. The van der Waals surface area contributed by atoms with Crippen molar-refractivity contribution in [2.24, 2.45) is 0 Å². The summed E-state index contributed by atoms with van der Waals surface area (Å²) in [5, 5.41) is 18.5. The van der Waals surface area contributed by atoms with Crippen LogP contribution in [-0.4, -0.2) is 14.5 Å². The molecular formula is C29H25N5O. The molecule has 6 nitrogen and oxygen atoms in total. The lowest BCUT2D eigenvalue weighted by Crippen LogP contribution is -2.29. The van der Waals surface area contributed by atoms with Gasteiger partial charge >= 0.3 is 0 Å². The van der Waals surface area contributed by atoms with Crippen LogP contribution in [0.3, 0.4) is 0 Å². The first kappa shape index (κ1) is 23.6. The quantitative estimate of drug-likeness (QED) is 0.375. The van der Waals surface area contributed by atoms with Crippen LogP contribution in [0, 0.1) is 29.6 Å². The molecule has 0 atom stereocenters. The lowest BCUT2D eigenvalue weighted by Gasteiger charge is -2.15. The van der Waals surface area contributed by atoms with Crippen LogP contribution in [0.5, 0.6) is 0 Å². The summed E-state index contributed by atoms with van der Waals surface area (Å²) in [5.74, 6) is 1.02. The zero-order valence-corrected chi connectivity index (χ0v) is 19.8. The fraction of sp³-hybridized carbons (Fsp3) is 0.207. The average Bonchev–Trinajstić information content (AvgIpc) is 2.90. The van der Waals surface area contributed by atoms with Crippen molar-refractivity contribution in [3.8, 4) is 29.1 Å². The van der Waals surface area contributed by atoms with E-state index in [1.807, 2.05) is 49.4 Å². The number of nitriles is 2. The molecule has 0 aliphatic heterocycles. The normalized spacial score (nSPS) is 10.5. The molecule has 0 aliphatic carbocycles. The molecular weight excluding hydrogens is 434 g/mol. The van der Waals surface area contributed by atoms with Gasteiger partial charge in [0.25, 0.3) is 5.56 Å². The van der Waals surface area contributed by atoms with E-state index in [1.165, 1.54) is 10.8 Å². The Morgan fingerprint density at radius 2 is 1.74 bits per heavy atom. The molecule has 35 heavy (non-hydrogen) atoms. The third-order valence-electron chi connectivity index (χ3n) is 6.00. The second kappa shape index (κ2) is 10.6. The third-order valence-corrected chi connectivity index (χ3v) is 6.00. The van der Waals surface area contributed by atoms with Gasteiger partial charge in [-0.2, -0.15) is 10.5 Å². The van der Waals surface area contributed by atoms with Crippen LogP contribution >= 0.6 is 0 Å². The topological polar surface area (TPSA) is 95.4 Å². The molecule has 0 saturated carbocycles. The summed E-state index contributed by atoms with van der Waals surface area (Å²) in [7, 11) is 0. The molecule has 0 fully saturated rings. The van der Waals surface area contributed by atoms with Gasteiger partial charge < -0.3 is 0 Å². The van der Waals surface area contributed by atoms with Crippen molar-refractivity contribution in [2.75, 3.05) is 0 Å². The smallest absolute Gasteiger partial charge is 0.263 e. The van der Waals surface area contributed by atoms with Crippen LogP contribution in [0.2, 0.25) is 0 Å². The summed E-state index contributed by atoms with van der Waals surface area (Å²) < 4.78 is 1.52. The summed E-state index contributed by atoms with van der Waals surface area (Å²) in [6.45, 7) is 3.92. The van der Waals surface area contributed by atoms with Crippen molar-refractivity contribution < 1.29 is 0 Å². The number of nitrogens with zero attached hydrogens (tertiary/aromatic N) is 5. The van der Waals surface area contributed by atoms with Crippen LogP contribution in [0.4, 0.5) is 0 Å². The number of rotatable bonds is 7. The lowest BCUT2D eigenvalue weighted by atomic mass is 9.97. The number of unbranched alkanes of at least 4 members (excludes halogenated alkanes) is 1. The standard InChI is InChI=1S/C29H25N5O/c1-3-4-9-27-26(29(35)34(20(2)33-27)28-15-12-22(17-30)19-32-28)16-21-10-13-23(14-11-21)25-8-6-5-7-24(25)18-31/h5-8,10-15,19H,3-4,9,16H2,1-2H3. The first-order valence-electron chi connectivity index (χ1n) is 11.6. The summed E-state index contributed by atoms with van der Waals surface area (Å²) >= 11 is 0. The van der Waals surface area contributed by atoms with Crippen molar-refractivity contribution in [1.82, 2.24) is 14.5 Å². The van der Waals surface area contributed by atoms with Crippen LogP contribution in [-0.2, 0) is 12.8 Å². The molecule has 0 saturated heterocycles. The average molecular weight is 460 g/mol. The second-order valence-corrected chi connectivity index (χ2v) is 8.38. The van der Waals surface area contributed by atoms with Gasteiger partial charge in [0, 0.05) is 18.2 Å². The summed E-state index contributed by atoms with van der Waals surface area (Å²) in [6, 6.07) is 23.1. The number of pyridine rings is 1. The first-order valence-corrected chi connectivity index (χ1v) is 11.6. The van der Waals surface area contributed by atoms with Gasteiger partial charge in [0.2, 0.25) is 0 Å². The Morgan fingerprint density at radius 1 is 0.971 bits per heavy atom. The van der Waals surface area contributed by atoms with Gasteiger partial charge in [-0.3, -0.25) is 4.79 Å². The highest BCUT2D eigenvalue weighted by Crippen LogP contribution is 2.24. The van der Waals surface area contributed by atoms with E-state index < -0.39 is 0 Å². The highest BCUT2D eigenvalue weighted by Gasteiger charge is 2.17. The second-order valence-electron chi connectivity index (χ2n) is 8.38. The molecule has 6 heteroatoms. The van der Waals surface area contributed by atoms with Crippen molar-refractivity contribution in [3.05, 3.63) is 111 Å². The predicted molar refractivity (Wildman–Crippen MR) is 135 cm³/mol. The van der Waals surface area contributed by atoms with Gasteiger partial charge in [0.15, 0.2) is 0 Å². The molecule has 0 aliphatic rings. The minimum Gasteiger partial charge on any atom is -0.268 e. The Hall–Kier alpha value is -4.55. The molecule has 2 heterocycles. The number of benzene rings is 2. The maximum Gasteiger partial charge on any atom is 0.263 e. The molecule has 0 amide bonds.